The summed E-state index contributed by atoms with van der Waals surface area (Å²) in [6.07, 6.45) is 0.402. The first-order chi connectivity index (χ1) is 17.9. The molecule has 0 saturated carbocycles. The monoisotopic (exact) mass is 514 g/mol. The summed E-state index contributed by atoms with van der Waals surface area (Å²) >= 11 is 0. The van der Waals surface area contributed by atoms with Gasteiger partial charge in [-0.2, -0.15) is 4.98 Å². The van der Waals surface area contributed by atoms with Crippen LogP contribution in [0.2, 0.25) is 0 Å². The molecule has 4 aromatic rings. The Labute approximate surface area is 208 Å². The first kappa shape index (κ1) is 23.6. The van der Waals surface area contributed by atoms with Crippen molar-refractivity contribution in [2.24, 2.45) is 0 Å². The zero-order valence-corrected chi connectivity index (χ0v) is 19.5. The molecule has 0 amide bonds. The maximum atomic E-state index is 15.1. The van der Waals surface area contributed by atoms with Crippen molar-refractivity contribution in [3.8, 4) is 11.4 Å². The van der Waals surface area contributed by atoms with E-state index in [4.69, 9.17) is 4.52 Å². The molecule has 0 spiro atoms. The number of aliphatic hydroxyl groups is 1. The Hall–Kier alpha value is -3.80. The van der Waals surface area contributed by atoms with Crippen LogP contribution >= 0.6 is 0 Å². The molecule has 0 bridgehead atoms. The number of aliphatic hydroxyl groups excluding tert-OH is 1. The molecule has 2 fully saturated rings. The average Bonchev–Trinajstić information content (AvgIpc) is 3.52. The molecule has 37 heavy (non-hydrogen) atoms. The Morgan fingerprint density at radius 3 is 2.62 bits per heavy atom. The van der Waals surface area contributed by atoms with Crippen LogP contribution in [-0.4, -0.2) is 57.1 Å². The highest BCUT2D eigenvalue weighted by Crippen LogP contribution is 2.39. The molecule has 0 unspecified atom stereocenters. The van der Waals surface area contributed by atoms with Crippen LogP contribution in [0.5, 0.6) is 0 Å². The highest BCUT2D eigenvalue weighted by atomic mass is 19.1. The largest absolute Gasteiger partial charge is 0.393 e. The molecule has 0 aliphatic carbocycles. The second kappa shape index (κ2) is 9.25. The molecule has 12 heteroatoms. The summed E-state index contributed by atoms with van der Waals surface area (Å²) in [5, 5.41) is 13.7. The minimum atomic E-state index is -1.29. The van der Waals surface area contributed by atoms with Crippen molar-refractivity contribution in [3.63, 3.8) is 0 Å². The molecule has 5 heterocycles. The summed E-state index contributed by atoms with van der Waals surface area (Å²) in [5.41, 5.74) is 0.453. The lowest BCUT2D eigenvalue weighted by atomic mass is 10.0. The van der Waals surface area contributed by atoms with E-state index in [0.29, 0.717) is 31.4 Å². The van der Waals surface area contributed by atoms with Gasteiger partial charge < -0.3 is 19.4 Å². The summed E-state index contributed by atoms with van der Waals surface area (Å²) in [7, 11) is 0. The summed E-state index contributed by atoms with van der Waals surface area (Å²) in [4.78, 5) is 16.4. The van der Waals surface area contributed by atoms with Crippen molar-refractivity contribution in [1.82, 2.24) is 20.1 Å². The van der Waals surface area contributed by atoms with Gasteiger partial charge in [0.2, 0.25) is 5.82 Å². The van der Waals surface area contributed by atoms with E-state index < -0.39 is 29.7 Å². The quantitative estimate of drug-likeness (QED) is 0.402. The van der Waals surface area contributed by atoms with Crippen molar-refractivity contribution in [2.45, 2.75) is 37.6 Å². The van der Waals surface area contributed by atoms with Crippen LogP contribution in [0, 0.1) is 17.5 Å². The van der Waals surface area contributed by atoms with Gasteiger partial charge in [-0.25, -0.2) is 22.5 Å². The highest BCUT2D eigenvalue weighted by molar-refractivity contribution is 5.90. The standard InChI is InChI=1S/C25H22F4N6O2/c26-13-1-2-17(28)16(9-13)20-10-14(27)12-35(20)21-4-3-19-23(31-21)22(18(29)11-30-19)24-32-25(37-33-24)34-7-5-15(36)6-8-34/h1-4,9,11,14-15,20,36H,5-8,10,12H2/t14-,20+/m0/s1. The van der Waals surface area contributed by atoms with Gasteiger partial charge in [0.25, 0.3) is 0 Å². The molecular formula is C25H22F4N6O2. The van der Waals surface area contributed by atoms with Crippen LogP contribution in [0.1, 0.15) is 30.9 Å². The van der Waals surface area contributed by atoms with Crippen molar-refractivity contribution < 1.29 is 27.2 Å². The van der Waals surface area contributed by atoms with E-state index in [-0.39, 0.29) is 53.4 Å². The summed E-state index contributed by atoms with van der Waals surface area (Å²) in [6, 6.07) is 5.65. The SMILES string of the molecule is OC1CCN(c2nc(-c3c(F)cnc4ccc(N5C[C@@H](F)C[C@@H]5c5cc(F)ccc5F)nc34)no2)CC1. The summed E-state index contributed by atoms with van der Waals surface area (Å²) < 4.78 is 63.5. The van der Waals surface area contributed by atoms with Gasteiger partial charge in [-0.3, -0.25) is 4.98 Å². The molecule has 6 rings (SSSR count). The number of pyridine rings is 2. The van der Waals surface area contributed by atoms with E-state index in [1.165, 1.54) is 4.90 Å². The second-order valence-corrected chi connectivity index (χ2v) is 9.30. The fourth-order valence-corrected chi connectivity index (χ4v) is 5.01. The van der Waals surface area contributed by atoms with E-state index >= 15 is 4.39 Å². The van der Waals surface area contributed by atoms with E-state index in [0.717, 1.165) is 24.4 Å². The number of nitrogens with zero attached hydrogens (tertiary/aromatic N) is 6. The molecule has 2 atom stereocenters. The lowest BCUT2D eigenvalue weighted by Gasteiger charge is -2.27. The van der Waals surface area contributed by atoms with Gasteiger partial charge in [-0.15, -0.1) is 0 Å². The molecule has 1 N–H and O–H groups in total. The number of rotatable bonds is 4. The van der Waals surface area contributed by atoms with E-state index in [1.54, 1.807) is 12.1 Å². The van der Waals surface area contributed by atoms with Crippen molar-refractivity contribution in [1.29, 1.82) is 0 Å². The van der Waals surface area contributed by atoms with Crippen molar-refractivity contribution in [3.05, 3.63) is 59.5 Å². The maximum Gasteiger partial charge on any atom is 0.324 e. The van der Waals surface area contributed by atoms with Crippen LogP contribution in [0.25, 0.3) is 22.4 Å². The number of halogens is 4. The number of piperidine rings is 1. The molecule has 2 aliphatic heterocycles. The zero-order valence-electron chi connectivity index (χ0n) is 19.5. The third-order valence-corrected chi connectivity index (χ3v) is 6.89. The predicted octanol–water partition coefficient (Wildman–Crippen LogP) is 4.35. The Morgan fingerprint density at radius 1 is 1.00 bits per heavy atom. The van der Waals surface area contributed by atoms with Gasteiger partial charge in [0.1, 0.15) is 29.1 Å². The number of hydrogen-bond acceptors (Lipinski definition) is 8. The van der Waals surface area contributed by atoms with E-state index in [1.807, 2.05) is 4.90 Å². The maximum absolute atomic E-state index is 15.1. The minimum Gasteiger partial charge on any atom is -0.393 e. The smallest absolute Gasteiger partial charge is 0.324 e. The first-order valence-corrected chi connectivity index (χ1v) is 12.0. The van der Waals surface area contributed by atoms with Gasteiger partial charge >= 0.3 is 6.01 Å². The van der Waals surface area contributed by atoms with Crippen LogP contribution in [0.3, 0.4) is 0 Å². The van der Waals surface area contributed by atoms with Gasteiger partial charge in [-0.05, 0) is 43.2 Å². The lowest BCUT2D eigenvalue weighted by Crippen LogP contribution is -2.35. The van der Waals surface area contributed by atoms with Crippen LogP contribution < -0.4 is 9.80 Å². The van der Waals surface area contributed by atoms with E-state index in [2.05, 4.69) is 20.1 Å². The van der Waals surface area contributed by atoms with Gasteiger partial charge in [0.15, 0.2) is 5.82 Å². The zero-order chi connectivity index (χ0) is 25.7. The first-order valence-electron chi connectivity index (χ1n) is 12.0. The second-order valence-electron chi connectivity index (χ2n) is 9.30. The molecular weight excluding hydrogens is 492 g/mol. The third kappa shape index (κ3) is 4.35. The number of fused-ring (bicyclic) bond motifs is 1. The van der Waals surface area contributed by atoms with Crippen LogP contribution in [0.4, 0.5) is 29.4 Å². The number of anilines is 2. The highest BCUT2D eigenvalue weighted by Gasteiger charge is 2.36. The number of hydrogen-bond donors (Lipinski definition) is 1. The molecule has 8 nitrogen and oxygen atoms in total. The number of benzene rings is 1. The molecule has 192 valence electrons. The average molecular weight is 514 g/mol. The van der Waals surface area contributed by atoms with Crippen LogP contribution in [0.15, 0.2) is 41.1 Å². The Bertz CT molecular complexity index is 1460. The molecule has 0 radical (unpaired) electrons. The Morgan fingerprint density at radius 2 is 1.81 bits per heavy atom. The Balaban J connectivity index is 1.40. The number of aromatic nitrogens is 4. The van der Waals surface area contributed by atoms with Gasteiger partial charge in [0.05, 0.1) is 36.0 Å². The van der Waals surface area contributed by atoms with Crippen molar-refractivity contribution in [2.75, 3.05) is 29.4 Å². The third-order valence-electron chi connectivity index (χ3n) is 6.89. The predicted molar refractivity (Wildman–Crippen MR) is 126 cm³/mol. The minimum absolute atomic E-state index is 0.0223. The number of alkyl halides is 1. The Kier molecular flexibility index (Phi) is 5.90. The van der Waals surface area contributed by atoms with Crippen molar-refractivity contribution >= 4 is 22.9 Å². The summed E-state index contributed by atoms with van der Waals surface area (Å²) in [5.74, 6) is -1.79. The molecule has 2 saturated heterocycles. The molecule has 1 aromatic carbocycles. The van der Waals surface area contributed by atoms with Gasteiger partial charge in [0, 0.05) is 25.1 Å². The van der Waals surface area contributed by atoms with Crippen LogP contribution in [-0.2, 0) is 0 Å². The summed E-state index contributed by atoms with van der Waals surface area (Å²) in [6.45, 7) is 0.939. The fraction of sp³-hybridized carbons (Fsp3) is 0.360. The lowest BCUT2D eigenvalue weighted by molar-refractivity contribution is 0.143. The normalized spacial score (nSPS) is 20.8. The topological polar surface area (TPSA) is 91.4 Å². The van der Waals surface area contributed by atoms with E-state index in [9.17, 15) is 18.3 Å². The molecule has 2 aliphatic rings. The van der Waals surface area contributed by atoms with Gasteiger partial charge in [-0.1, -0.05) is 5.16 Å². The molecule has 3 aromatic heterocycles. The fourth-order valence-electron chi connectivity index (χ4n) is 5.01.